The van der Waals surface area contributed by atoms with Gasteiger partial charge in [0.05, 0.1) is 63.0 Å². The van der Waals surface area contributed by atoms with Crippen molar-refractivity contribution in [1.29, 1.82) is 0 Å². The van der Waals surface area contributed by atoms with Crippen molar-refractivity contribution in [3.05, 3.63) is 72.4 Å². The lowest BCUT2D eigenvalue weighted by Crippen LogP contribution is -2.40. The number of ether oxygens (including phenoxy) is 7. The lowest BCUT2D eigenvalue weighted by molar-refractivity contribution is -0.145. The molecule has 45 heavy (non-hydrogen) atoms. The van der Waals surface area contributed by atoms with Gasteiger partial charge in [-0.15, -0.1) is 0 Å². The summed E-state index contributed by atoms with van der Waals surface area (Å²) in [6.07, 6.45) is 1.71. The molecule has 0 bridgehead atoms. The summed E-state index contributed by atoms with van der Waals surface area (Å²) in [7, 11) is 4.47. The molecule has 0 saturated heterocycles. The zero-order chi connectivity index (χ0) is 32.7. The van der Waals surface area contributed by atoms with E-state index < -0.39 is 18.0 Å². The van der Waals surface area contributed by atoms with Gasteiger partial charge in [0.25, 0.3) is 5.56 Å². The topological polar surface area (TPSA) is 133 Å². The minimum atomic E-state index is -0.895. The van der Waals surface area contributed by atoms with Crippen molar-refractivity contribution in [2.24, 2.45) is 4.99 Å². The fourth-order valence-electron chi connectivity index (χ4n) is 4.86. The Labute approximate surface area is 264 Å². The Balaban J connectivity index is 1.87. The molecule has 13 heteroatoms. The van der Waals surface area contributed by atoms with Crippen LogP contribution in [0, 0.1) is 0 Å². The Morgan fingerprint density at radius 2 is 1.58 bits per heavy atom. The lowest BCUT2D eigenvalue weighted by Gasteiger charge is -2.26. The highest BCUT2D eigenvalue weighted by Crippen LogP contribution is 2.42. The van der Waals surface area contributed by atoms with Crippen LogP contribution in [-0.4, -0.2) is 64.3 Å². The van der Waals surface area contributed by atoms with E-state index in [1.807, 2.05) is 6.92 Å². The zero-order valence-corrected chi connectivity index (χ0v) is 27.1. The molecular formula is C32H36N2O10S. The Morgan fingerprint density at radius 3 is 2.18 bits per heavy atom. The number of fused-ring (bicyclic) bond motifs is 1. The summed E-state index contributed by atoms with van der Waals surface area (Å²) in [6.45, 7) is 7.43. The molecule has 0 saturated carbocycles. The summed E-state index contributed by atoms with van der Waals surface area (Å²) in [5.74, 6) is 0.769. The smallest absolute Gasteiger partial charge is 0.344 e. The van der Waals surface area contributed by atoms with Gasteiger partial charge in [0, 0.05) is 0 Å². The first-order valence-electron chi connectivity index (χ1n) is 14.3. The minimum absolute atomic E-state index is 0.143. The zero-order valence-electron chi connectivity index (χ0n) is 26.3. The Morgan fingerprint density at radius 1 is 0.889 bits per heavy atom. The van der Waals surface area contributed by atoms with Crippen LogP contribution in [0.2, 0.25) is 0 Å². The molecule has 0 fully saturated rings. The number of thiazole rings is 1. The highest BCUT2D eigenvalue weighted by Gasteiger charge is 2.34. The quantitative estimate of drug-likeness (QED) is 0.257. The van der Waals surface area contributed by atoms with Crippen LogP contribution in [0.25, 0.3) is 6.08 Å². The molecule has 1 aliphatic heterocycles. The number of aromatic nitrogens is 1. The second-order valence-electron chi connectivity index (χ2n) is 9.49. The van der Waals surface area contributed by atoms with E-state index in [0.717, 1.165) is 0 Å². The maximum absolute atomic E-state index is 14.1. The summed E-state index contributed by atoms with van der Waals surface area (Å²) in [6, 6.07) is 7.62. The van der Waals surface area contributed by atoms with Crippen LogP contribution in [0.5, 0.6) is 28.7 Å². The minimum Gasteiger partial charge on any atom is -0.493 e. The van der Waals surface area contributed by atoms with Crippen molar-refractivity contribution in [3.63, 3.8) is 0 Å². The predicted molar refractivity (Wildman–Crippen MR) is 166 cm³/mol. The van der Waals surface area contributed by atoms with Crippen molar-refractivity contribution in [2.45, 2.75) is 33.7 Å². The van der Waals surface area contributed by atoms with E-state index in [2.05, 4.69) is 4.99 Å². The van der Waals surface area contributed by atoms with Crippen LogP contribution in [0.1, 0.15) is 44.9 Å². The van der Waals surface area contributed by atoms with E-state index >= 15 is 0 Å². The van der Waals surface area contributed by atoms with Crippen LogP contribution in [0.15, 0.2) is 51.4 Å². The molecule has 240 valence electrons. The number of rotatable bonds is 13. The molecule has 2 aromatic carbocycles. The first-order valence-corrected chi connectivity index (χ1v) is 15.1. The normalized spacial score (nSPS) is 14.3. The molecule has 1 aliphatic rings. The first kappa shape index (κ1) is 33.1. The van der Waals surface area contributed by atoms with Gasteiger partial charge in [0.15, 0.2) is 34.4 Å². The average Bonchev–Trinajstić information content (AvgIpc) is 3.33. The van der Waals surface area contributed by atoms with Gasteiger partial charge in [-0.3, -0.25) is 9.36 Å². The third kappa shape index (κ3) is 6.98. The SMILES string of the molecule is CCOC(=O)COc1ccc(/C=c2\sc3n(c2=O)[C@@H](c2cc(OC)c(OC)c(OC)c2)C(C(=O)OCC)=C(C)N=3)cc1OCC. The lowest BCUT2D eigenvalue weighted by atomic mass is 9.95. The number of hydrogen-bond donors (Lipinski definition) is 0. The third-order valence-corrected chi connectivity index (χ3v) is 7.72. The average molecular weight is 641 g/mol. The van der Waals surface area contributed by atoms with E-state index in [4.69, 9.17) is 33.2 Å². The summed E-state index contributed by atoms with van der Waals surface area (Å²) in [5.41, 5.74) is 1.45. The molecular weight excluding hydrogens is 604 g/mol. The van der Waals surface area contributed by atoms with E-state index in [-0.39, 0.29) is 31.0 Å². The van der Waals surface area contributed by atoms with Crippen molar-refractivity contribution in [3.8, 4) is 28.7 Å². The molecule has 3 aromatic rings. The van der Waals surface area contributed by atoms with Gasteiger partial charge in [0.2, 0.25) is 5.75 Å². The van der Waals surface area contributed by atoms with Gasteiger partial charge in [-0.2, -0.15) is 0 Å². The van der Waals surface area contributed by atoms with Crippen molar-refractivity contribution < 1.29 is 42.7 Å². The van der Waals surface area contributed by atoms with Crippen LogP contribution >= 0.6 is 11.3 Å². The van der Waals surface area contributed by atoms with Gasteiger partial charge in [0.1, 0.15) is 0 Å². The Bertz CT molecular complexity index is 1760. The van der Waals surface area contributed by atoms with Crippen LogP contribution < -0.4 is 38.6 Å². The second kappa shape index (κ2) is 14.8. The molecule has 0 spiro atoms. The highest BCUT2D eigenvalue weighted by molar-refractivity contribution is 7.07. The first-order chi connectivity index (χ1) is 21.7. The van der Waals surface area contributed by atoms with Crippen LogP contribution in [0.4, 0.5) is 0 Å². The standard InChI is InChI=1S/C32H36N2O10S/c1-8-41-22-13-19(11-12-21(22)44-17-26(35)42-9-2)14-25-30(36)34-28(20-15-23(38-5)29(40-7)24(16-20)39-6)27(31(37)43-10-3)18(4)33-32(34)45-25/h11-16,28H,8-10,17H2,1-7H3/b25-14-/t28-/m0/s1. The molecule has 1 atom stereocenters. The number of benzene rings is 2. The monoisotopic (exact) mass is 640 g/mol. The number of methoxy groups -OCH3 is 3. The van der Waals surface area contributed by atoms with Gasteiger partial charge < -0.3 is 33.2 Å². The van der Waals surface area contributed by atoms with Crippen molar-refractivity contribution >= 4 is 29.4 Å². The predicted octanol–water partition coefficient (Wildman–Crippen LogP) is 3.16. The second-order valence-corrected chi connectivity index (χ2v) is 10.5. The molecule has 0 aliphatic carbocycles. The highest BCUT2D eigenvalue weighted by atomic mass is 32.1. The molecule has 4 rings (SSSR count). The Kier molecular flexibility index (Phi) is 10.9. The van der Waals surface area contributed by atoms with Crippen LogP contribution in [0.3, 0.4) is 0 Å². The maximum Gasteiger partial charge on any atom is 0.344 e. The van der Waals surface area contributed by atoms with E-state index in [0.29, 0.717) is 61.5 Å². The summed E-state index contributed by atoms with van der Waals surface area (Å²) in [4.78, 5) is 44.2. The van der Waals surface area contributed by atoms with E-state index in [1.54, 1.807) is 57.2 Å². The van der Waals surface area contributed by atoms with E-state index in [9.17, 15) is 14.4 Å². The van der Waals surface area contributed by atoms with Gasteiger partial charge >= 0.3 is 11.9 Å². The van der Waals surface area contributed by atoms with Crippen LogP contribution in [-0.2, 0) is 19.1 Å². The number of hydrogen-bond acceptors (Lipinski definition) is 12. The van der Waals surface area contributed by atoms with Gasteiger partial charge in [-0.05, 0) is 69.2 Å². The number of carbonyl (C=O) groups excluding carboxylic acids is 2. The van der Waals surface area contributed by atoms with Gasteiger partial charge in [-0.1, -0.05) is 17.4 Å². The van der Waals surface area contributed by atoms with E-state index in [1.165, 1.54) is 37.2 Å². The molecule has 12 nitrogen and oxygen atoms in total. The van der Waals surface area contributed by atoms with Gasteiger partial charge in [-0.25, -0.2) is 14.6 Å². The van der Waals surface area contributed by atoms with Crippen molar-refractivity contribution in [1.82, 2.24) is 4.57 Å². The molecule has 1 aromatic heterocycles. The largest absolute Gasteiger partial charge is 0.493 e. The molecule has 0 unspecified atom stereocenters. The molecule has 0 radical (unpaired) electrons. The number of esters is 2. The molecule has 2 heterocycles. The number of carbonyl (C=O) groups is 2. The summed E-state index contributed by atoms with van der Waals surface area (Å²) in [5, 5.41) is 0. The molecule has 0 N–H and O–H groups in total. The van der Waals surface area contributed by atoms with Crippen molar-refractivity contribution in [2.75, 3.05) is 47.8 Å². The number of nitrogens with zero attached hydrogens (tertiary/aromatic N) is 2. The molecule has 0 amide bonds. The fourth-order valence-corrected chi connectivity index (χ4v) is 5.91. The maximum atomic E-state index is 14.1. The Hall–Kier alpha value is -4.78. The third-order valence-electron chi connectivity index (χ3n) is 6.74. The number of allylic oxidation sites excluding steroid dienone is 1. The fraction of sp³-hybridized carbons (Fsp3) is 0.375. The summed E-state index contributed by atoms with van der Waals surface area (Å²) < 4.78 is 40.1. The summed E-state index contributed by atoms with van der Waals surface area (Å²) >= 11 is 1.18.